The highest BCUT2D eigenvalue weighted by Crippen LogP contribution is 2.35. The molecule has 60 heavy (non-hydrogen) atoms. The van der Waals surface area contributed by atoms with Gasteiger partial charge in [-0.25, -0.2) is 0 Å². The number of nitrogens with one attached hydrogen (secondary N) is 3. The van der Waals surface area contributed by atoms with Crippen LogP contribution in [0.1, 0.15) is 93.1 Å². The summed E-state index contributed by atoms with van der Waals surface area (Å²) in [5.74, 6) is 1.63. The van der Waals surface area contributed by atoms with Crippen LogP contribution in [0.15, 0.2) is 48.5 Å². The smallest absolute Gasteiger partial charge is 0.236 e. The van der Waals surface area contributed by atoms with Gasteiger partial charge in [0.05, 0.1) is 33.5 Å². The zero-order valence-electron chi connectivity index (χ0n) is 31.1. The third-order valence-electron chi connectivity index (χ3n) is 9.37. The summed E-state index contributed by atoms with van der Waals surface area (Å²) >= 11 is 13.3. The number of aromatic nitrogens is 10. The average molecular weight is 871 g/mol. The number of aliphatic hydroxyl groups excluding tert-OH is 2. The number of hydrogen-bond acceptors (Lipinski definition) is 15. The molecule has 0 spiro atoms. The second kappa shape index (κ2) is 24.0. The van der Waals surface area contributed by atoms with Crippen LogP contribution in [0, 0.1) is 13.8 Å². The molecule has 326 valence electrons. The summed E-state index contributed by atoms with van der Waals surface area (Å²) in [6.07, 6.45) is 1.05. The largest absolute Gasteiger partial charge is 0.481 e. The molecule has 0 aliphatic heterocycles. The van der Waals surface area contributed by atoms with Crippen molar-refractivity contribution >= 4 is 23.2 Å². The zero-order chi connectivity index (χ0) is 39.6. The Balaban J connectivity index is 0.00000310. The lowest BCUT2D eigenvalue weighted by Gasteiger charge is -2.18. The Morgan fingerprint density at radius 1 is 0.667 bits per heavy atom. The second-order valence-electron chi connectivity index (χ2n) is 12.7. The molecule has 2 atom stereocenters. The number of aliphatic hydroxyl groups is 2. The van der Waals surface area contributed by atoms with Crippen molar-refractivity contribution in [2.24, 2.45) is 0 Å². The van der Waals surface area contributed by atoms with E-state index in [1.807, 2.05) is 38.1 Å². The van der Waals surface area contributed by atoms with E-state index in [2.05, 4.69) is 68.7 Å². The van der Waals surface area contributed by atoms with Gasteiger partial charge in [0, 0.05) is 23.6 Å². The number of ether oxygens (including phenoxy) is 4. The topological polar surface area (TPSA) is 224 Å². The molecule has 2 aromatic carbocycles. The van der Waals surface area contributed by atoms with Gasteiger partial charge in [-0.2, -0.15) is 20.4 Å². The Labute approximate surface area is 361 Å². The normalized spacial score (nSPS) is 11.5. The number of hydrogen-bond donors (Lipinski definition) is 5. The molecule has 0 aliphatic carbocycles. The van der Waals surface area contributed by atoms with Gasteiger partial charge >= 0.3 is 0 Å². The average Bonchev–Trinajstić information content (AvgIpc) is 3.95. The van der Waals surface area contributed by atoms with Crippen LogP contribution < -0.4 is 24.3 Å². The fraction of sp³-hybridized carbons (Fsp3) is 0.415. The minimum absolute atomic E-state index is 0. The maximum atomic E-state index is 9.83. The van der Waals surface area contributed by atoms with Crippen molar-refractivity contribution in [1.29, 1.82) is 0 Å². The Kier molecular flexibility index (Phi) is 20.2. The summed E-state index contributed by atoms with van der Waals surface area (Å²) in [6.45, 7) is 4.42. The number of nitrogens with zero attached hydrogens (tertiary/aromatic N) is 8. The molecule has 5 N–H and O–H groups in total. The van der Waals surface area contributed by atoms with E-state index in [1.165, 1.54) is 14.2 Å². The molecule has 0 aliphatic rings. The number of rotatable bonds is 19. The third kappa shape index (κ3) is 11.8. The van der Waals surface area contributed by atoms with Crippen LogP contribution in [-0.4, -0.2) is 88.9 Å². The number of methoxy groups -OCH3 is 2. The lowest BCUT2D eigenvalue weighted by atomic mass is 9.92. The molecule has 6 aromatic rings. The van der Waals surface area contributed by atoms with Crippen molar-refractivity contribution in [3.05, 3.63) is 104 Å². The molecular weight excluding hydrogens is 813 g/mol. The van der Waals surface area contributed by atoms with Crippen LogP contribution >= 0.6 is 23.2 Å². The van der Waals surface area contributed by atoms with Crippen LogP contribution in [-0.2, 0) is 26.2 Å². The number of tetrazole rings is 2. The highest BCUT2D eigenvalue weighted by Gasteiger charge is 2.21. The van der Waals surface area contributed by atoms with Crippen molar-refractivity contribution in [2.75, 3.05) is 27.4 Å². The van der Waals surface area contributed by atoms with E-state index < -0.39 is 6.04 Å². The summed E-state index contributed by atoms with van der Waals surface area (Å²) in [5, 5.41) is 51.2. The van der Waals surface area contributed by atoms with Gasteiger partial charge in [-0.05, 0) is 72.2 Å². The lowest BCUT2D eigenvalue weighted by Crippen LogP contribution is -2.25. The van der Waals surface area contributed by atoms with Crippen molar-refractivity contribution < 1.29 is 29.2 Å². The standard InChI is InChI=1S/C37H41Cl2N11O6.4CH4/c1-20-24(18-55-36-29(38)13-22(34(41-36)53-3)11-12-23(16-51)32-43-47-48-44-32)7-5-9-27(20)28-10-6-8-25(21(28)2)19-56-37-30(39)14-26(35(42-37)54-4)15-40-31(17-52)33-45-49-50-46-33;;;;/h5-10,13-14,23,31,40,51-52H,11-12,15-19H2,1-4H3,(H,43,44,47,48)(H,45,46,49,50);4*1H4. The molecule has 19 heteroatoms. The van der Waals surface area contributed by atoms with Crippen LogP contribution in [0.2, 0.25) is 10.0 Å². The molecule has 0 saturated carbocycles. The molecular formula is C41H57Cl2N11O6. The van der Waals surface area contributed by atoms with E-state index >= 15 is 0 Å². The van der Waals surface area contributed by atoms with Gasteiger partial charge in [-0.15, -0.1) is 20.4 Å². The molecule has 2 unspecified atom stereocenters. The first-order chi connectivity index (χ1) is 27.2. The maximum Gasteiger partial charge on any atom is 0.236 e. The molecule has 0 fully saturated rings. The van der Waals surface area contributed by atoms with E-state index in [4.69, 9.17) is 42.1 Å². The van der Waals surface area contributed by atoms with Crippen LogP contribution in [0.4, 0.5) is 0 Å². The summed E-state index contributed by atoms with van der Waals surface area (Å²) in [7, 11) is 3.05. The summed E-state index contributed by atoms with van der Waals surface area (Å²) in [5.41, 5.74) is 7.46. The van der Waals surface area contributed by atoms with Crippen LogP contribution in [0.3, 0.4) is 0 Å². The van der Waals surface area contributed by atoms with Gasteiger partial charge in [0.1, 0.15) is 23.3 Å². The van der Waals surface area contributed by atoms with E-state index in [0.717, 1.165) is 38.9 Å². The quantitative estimate of drug-likeness (QED) is 0.0537. The van der Waals surface area contributed by atoms with Gasteiger partial charge in [0.25, 0.3) is 0 Å². The lowest BCUT2D eigenvalue weighted by molar-refractivity contribution is 0.237. The molecule has 4 aromatic heterocycles. The summed E-state index contributed by atoms with van der Waals surface area (Å²) in [6, 6.07) is 15.0. The Morgan fingerprint density at radius 3 is 1.63 bits per heavy atom. The number of halogens is 2. The minimum Gasteiger partial charge on any atom is -0.481 e. The molecule has 17 nitrogen and oxygen atoms in total. The number of H-pyrrole nitrogens is 2. The monoisotopic (exact) mass is 869 g/mol. The number of aryl methyl sites for hydroxylation is 1. The van der Waals surface area contributed by atoms with Crippen molar-refractivity contribution in [3.63, 3.8) is 0 Å². The molecule has 0 amide bonds. The summed E-state index contributed by atoms with van der Waals surface area (Å²) in [4.78, 5) is 9.08. The first-order valence-electron chi connectivity index (χ1n) is 17.6. The van der Waals surface area contributed by atoms with Crippen molar-refractivity contribution in [1.82, 2.24) is 56.5 Å². The SMILES string of the molecule is C.C.C.C.COc1nc(OCc2cccc(-c3cccc(COc4nc(OC)c(CNC(CO)c5nn[nH]n5)cc4Cl)c3C)c2C)c(Cl)cc1CCC(CO)c1nn[nH]n1. The van der Waals surface area contributed by atoms with E-state index in [9.17, 15) is 10.2 Å². The van der Waals surface area contributed by atoms with Crippen LogP contribution in [0.25, 0.3) is 11.1 Å². The van der Waals surface area contributed by atoms with Crippen LogP contribution in [0.5, 0.6) is 23.5 Å². The van der Waals surface area contributed by atoms with Gasteiger partial charge in [0.2, 0.25) is 23.5 Å². The first kappa shape index (κ1) is 50.7. The van der Waals surface area contributed by atoms with Crippen molar-refractivity contribution in [2.45, 2.75) is 88.1 Å². The zero-order valence-corrected chi connectivity index (χ0v) is 32.6. The first-order valence-corrected chi connectivity index (χ1v) is 18.3. The van der Waals surface area contributed by atoms with E-state index in [-0.39, 0.29) is 80.4 Å². The van der Waals surface area contributed by atoms with Gasteiger partial charge in [0.15, 0.2) is 11.6 Å². The van der Waals surface area contributed by atoms with Gasteiger partial charge < -0.3 is 34.5 Å². The molecule has 0 bridgehead atoms. The minimum atomic E-state index is -0.550. The molecule has 0 radical (unpaired) electrons. The molecule has 0 saturated heterocycles. The predicted molar refractivity (Wildman–Crippen MR) is 232 cm³/mol. The third-order valence-corrected chi connectivity index (χ3v) is 9.91. The highest BCUT2D eigenvalue weighted by molar-refractivity contribution is 6.32. The Morgan fingerprint density at radius 2 is 1.17 bits per heavy atom. The van der Waals surface area contributed by atoms with Gasteiger partial charge in [-0.1, -0.05) is 99.7 Å². The van der Waals surface area contributed by atoms with Crippen molar-refractivity contribution in [3.8, 4) is 34.6 Å². The number of pyridine rings is 2. The highest BCUT2D eigenvalue weighted by atomic mass is 35.5. The van der Waals surface area contributed by atoms with E-state index in [1.54, 1.807) is 12.1 Å². The second-order valence-corrected chi connectivity index (χ2v) is 13.5. The van der Waals surface area contributed by atoms with E-state index in [0.29, 0.717) is 51.9 Å². The van der Waals surface area contributed by atoms with Gasteiger partial charge in [-0.3, -0.25) is 0 Å². The molecule has 4 heterocycles. The summed E-state index contributed by atoms with van der Waals surface area (Å²) < 4.78 is 23.4. The number of benzene rings is 2. The number of aromatic amines is 2. The Bertz CT molecular complexity index is 2060. The fourth-order valence-corrected chi connectivity index (χ4v) is 6.62. The predicted octanol–water partition coefficient (Wildman–Crippen LogP) is 7.34. The maximum absolute atomic E-state index is 9.83. The Hall–Kier alpha value is -5.46. The molecule has 6 rings (SSSR count). The fourth-order valence-electron chi connectivity index (χ4n) is 6.17.